The molecule has 11 nitrogen and oxygen atoms in total. The summed E-state index contributed by atoms with van der Waals surface area (Å²) in [5.41, 5.74) is 6.17. The maximum absolute atomic E-state index is 11.1. The SMILES string of the molecule is C=CCOc1c(C)c2c(c3c1CC1[C@H]4c5c(cc(C)c(OC)c5OCOCCOC)C[C@@H]([C@H](C#N)N1[C@H]3CO[Si](C)(C)C(C)(C)C)N4C)OCO2. The van der Waals surface area contributed by atoms with E-state index in [4.69, 9.17) is 37.6 Å². The lowest BCUT2D eigenvalue weighted by atomic mass is 9.71. The van der Waals surface area contributed by atoms with E-state index in [1.165, 1.54) is 0 Å². The van der Waals surface area contributed by atoms with Gasteiger partial charge in [-0.25, -0.2) is 0 Å². The first-order chi connectivity index (χ1) is 24.3. The Labute approximate surface area is 304 Å². The summed E-state index contributed by atoms with van der Waals surface area (Å²) in [6.45, 7) is 21.1. The lowest BCUT2D eigenvalue weighted by Gasteiger charge is -2.60. The molecule has 2 bridgehead atoms. The Morgan fingerprint density at radius 1 is 1.02 bits per heavy atom. The second-order valence-electron chi connectivity index (χ2n) is 15.6. The van der Waals surface area contributed by atoms with Gasteiger partial charge < -0.3 is 37.6 Å². The second-order valence-corrected chi connectivity index (χ2v) is 20.4. The van der Waals surface area contributed by atoms with Crippen molar-refractivity contribution in [1.29, 1.82) is 5.26 Å². The lowest BCUT2D eigenvalue weighted by molar-refractivity contribution is -0.0825. The molecule has 0 amide bonds. The van der Waals surface area contributed by atoms with E-state index in [-0.39, 0.29) is 42.8 Å². The maximum Gasteiger partial charge on any atom is 0.231 e. The molecular weight excluding hydrogens is 667 g/mol. The van der Waals surface area contributed by atoms with Gasteiger partial charge in [-0.1, -0.05) is 39.5 Å². The molecule has 0 N–H and O–H groups in total. The molecule has 0 aromatic heterocycles. The Morgan fingerprint density at radius 3 is 2.43 bits per heavy atom. The van der Waals surface area contributed by atoms with E-state index in [9.17, 15) is 5.26 Å². The standard InChI is InChI=1S/C39H55N3O8Si/c1-12-13-46-35-24(3)36-38(49-22-48-36)32-26(35)18-28-33-31-25(16-23(2)34(44-9)37(31)47-21-45-15-14-43-8)17-27(41(33)7)29(19-40)42(28)30(32)20-50-51(10,11)39(4,5)6/h12,16,27-30,33H,1,13-15,17-18,20-22H2,2-11H3/t27-,28?,29-,30-,33-/m0/s1. The van der Waals surface area contributed by atoms with Crippen molar-refractivity contribution in [2.24, 2.45) is 0 Å². The van der Waals surface area contributed by atoms with Gasteiger partial charge >= 0.3 is 0 Å². The quantitative estimate of drug-likeness (QED) is 0.0994. The molecule has 2 aromatic rings. The number of ether oxygens (including phenoxy) is 7. The maximum atomic E-state index is 11.1. The van der Waals surface area contributed by atoms with Crippen molar-refractivity contribution in [3.8, 4) is 34.8 Å². The van der Waals surface area contributed by atoms with E-state index in [1.807, 2.05) is 13.8 Å². The lowest BCUT2D eigenvalue weighted by Crippen LogP contribution is -2.68. The first-order valence-electron chi connectivity index (χ1n) is 17.9. The number of aryl methyl sites for hydroxylation is 1. The molecule has 4 heterocycles. The normalized spacial score (nSPS) is 23.9. The van der Waals surface area contributed by atoms with Gasteiger partial charge in [0.15, 0.2) is 38.1 Å². The third-order valence-corrected chi connectivity index (χ3v) is 16.2. The average molecular weight is 722 g/mol. The predicted octanol–water partition coefficient (Wildman–Crippen LogP) is 6.40. The van der Waals surface area contributed by atoms with Crippen molar-refractivity contribution in [2.75, 3.05) is 61.3 Å². The van der Waals surface area contributed by atoms with Crippen molar-refractivity contribution < 1.29 is 37.6 Å². The summed E-state index contributed by atoms with van der Waals surface area (Å²) < 4.78 is 49.5. The van der Waals surface area contributed by atoms with Crippen LogP contribution in [0.3, 0.4) is 0 Å². The van der Waals surface area contributed by atoms with Crippen LogP contribution in [0.2, 0.25) is 18.1 Å². The molecular formula is C39H55N3O8Si. The highest BCUT2D eigenvalue weighted by Crippen LogP contribution is 2.59. The number of nitriles is 1. The number of piperazine rings is 1. The zero-order chi connectivity index (χ0) is 36.8. The van der Waals surface area contributed by atoms with Crippen LogP contribution >= 0.6 is 0 Å². The van der Waals surface area contributed by atoms with Crippen molar-refractivity contribution in [2.45, 2.75) is 95.8 Å². The monoisotopic (exact) mass is 721 g/mol. The fourth-order valence-electron chi connectivity index (χ4n) is 8.25. The third kappa shape index (κ3) is 6.40. The van der Waals surface area contributed by atoms with Gasteiger partial charge in [0.1, 0.15) is 18.4 Å². The predicted molar refractivity (Wildman–Crippen MR) is 197 cm³/mol. The van der Waals surface area contributed by atoms with Gasteiger partial charge in [0, 0.05) is 41.4 Å². The summed E-state index contributed by atoms with van der Waals surface area (Å²) in [6.07, 6.45) is 3.05. The van der Waals surface area contributed by atoms with Gasteiger partial charge in [-0.05, 0) is 63.0 Å². The summed E-state index contributed by atoms with van der Waals surface area (Å²) in [7, 11) is 3.25. The largest absolute Gasteiger partial charge is 0.493 e. The van der Waals surface area contributed by atoms with Gasteiger partial charge in [0.05, 0.1) is 45.1 Å². The number of hydrogen-bond donors (Lipinski definition) is 0. The van der Waals surface area contributed by atoms with Crippen LogP contribution in [0, 0.1) is 25.2 Å². The molecule has 278 valence electrons. The molecule has 4 aliphatic heterocycles. The number of methoxy groups -OCH3 is 2. The average Bonchev–Trinajstić information content (AvgIpc) is 3.57. The van der Waals surface area contributed by atoms with E-state index in [2.05, 4.69) is 69.4 Å². The van der Waals surface area contributed by atoms with Crippen LogP contribution < -0.4 is 23.7 Å². The van der Waals surface area contributed by atoms with Crippen LogP contribution in [-0.4, -0.2) is 97.5 Å². The number of nitrogens with zero attached hydrogens (tertiary/aromatic N) is 3. The smallest absolute Gasteiger partial charge is 0.231 e. The highest BCUT2D eigenvalue weighted by atomic mass is 28.4. The van der Waals surface area contributed by atoms with Crippen LogP contribution in [0.5, 0.6) is 28.7 Å². The van der Waals surface area contributed by atoms with Crippen molar-refractivity contribution in [1.82, 2.24) is 9.80 Å². The molecule has 2 aromatic carbocycles. The van der Waals surface area contributed by atoms with E-state index >= 15 is 0 Å². The van der Waals surface area contributed by atoms with Gasteiger partial charge in [-0.3, -0.25) is 9.80 Å². The molecule has 0 radical (unpaired) electrons. The van der Waals surface area contributed by atoms with Crippen LogP contribution in [-0.2, 0) is 26.7 Å². The summed E-state index contributed by atoms with van der Waals surface area (Å²) >= 11 is 0. The minimum atomic E-state index is -2.22. The Bertz CT molecular complexity index is 1680. The van der Waals surface area contributed by atoms with Crippen LogP contribution in [0.15, 0.2) is 18.7 Å². The Hall–Kier alpha value is -3.31. The fourth-order valence-corrected chi connectivity index (χ4v) is 9.26. The molecule has 0 spiro atoms. The van der Waals surface area contributed by atoms with E-state index in [1.54, 1.807) is 20.3 Å². The molecule has 12 heteroatoms. The van der Waals surface area contributed by atoms with Crippen molar-refractivity contribution in [3.05, 3.63) is 52.1 Å². The van der Waals surface area contributed by atoms with Gasteiger partial charge in [-0.15, -0.1) is 0 Å². The highest BCUT2D eigenvalue weighted by Gasteiger charge is 2.57. The zero-order valence-corrected chi connectivity index (χ0v) is 33.0. The number of benzene rings is 2. The van der Waals surface area contributed by atoms with E-state index < -0.39 is 14.4 Å². The highest BCUT2D eigenvalue weighted by molar-refractivity contribution is 6.74. The van der Waals surface area contributed by atoms with Crippen molar-refractivity contribution >= 4 is 8.32 Å². The zero-order valence-electron chi connectivity index (χ0n) is 32.0. The second kappa shape index (κ2) is 14.6. The summed E-state index contributed by atoms with van der Waals surface area (Å²) in [5.74, 6) is 3.58. The summed E-state index contributed by atoms with van der Waals surface area (Å²) in [4.78, 5) is 4.80. The van der Waals surface area contributed by atoms with E-state index in [0.29, 0.717) is 56.5 Å². The molecule has 1 unspecified atom stereocenters. The third-order valence-electron chi connectivity index (χ3n) is 11.7. The molecule has 1 fully saturated rings. The van der Waals surface area contributed by atoms with Crippen molar-refractivity contribution in [3.63, 3.8) is 0 Å². The molecule has 6 rings (SSSR count). The topological polar surface area (TPSA) is 104 Å². The van der Waals surface area contributed by atoms with Gasteiger partial charge in [-0.2, -0.15) is 5.26 Å². The van der Waals surface area contributed by atoms with Crippen LogP contribution in [0.1, 0.15) is 66.2 Å². The molecule has 5 atom stereocenters. The Balaban J connectivity index is 1.56. The molecule has 51 heavy (non-hydrogen) atoms. The number of rotatable bonds is 13. The minimum absolute atomic E-state index is 0.00482. The first kappa shape index (κ1) is 37.4. The summed E-state index contributed by atoms with van der Waals surface area (Å²) in [6, 6.07) is 3.89. The number of hydrogen-bond acceptors (Lipinski definition) is 11. The molecule has 1 saturated heterocycles. The van der Waals surface area contributed by atoms with E-state index in [0.717, 1.165) is 44.9 Å². The first-order valence-corrected chi connectivity index (χ1v) is 20.8. The summed E-state index contributed by atoms with van der Waals surface area (Å²) in [5, 5.41) is 11.1. The Kier molecular flexibility index (Phi) is 10.7. The van der Waals surface area contributed by atoms with Crippen LogP contribution in [0.4, 0.5) is 0 Å². The molecule has 0 saturated carbocycles. The number of fused-ring (bicyclic) bond motifs is 9. The number of likely N-dealkylation sites (N-methyl/N-ethyl adjacent to an activating group) is 1. The molecule has 4 aliphatic rings. The van der Waals surface area contributed by atoms with Gasteiger partial charge in [0.2, 0.25) is 6.79 Å². The Morgan fingerprint density at radius 2 is 1.76 bits per heavy atom. The fraction of sp³-hybridized carbons (Fsp3) is 0.615. The van der Waals surface area contributed by atoms with Crippen LogP contribution in [0.25, 0.3) is 0 Å². The molecule has 0 aliphatic carbocycles. The minimum Gasteiger partial charge on any atom is -0.493 e. The van der Waals surface area contributed by atoms with Gasteiger partial charge in [0.25, 0.3) is 0 Å².